The normalized spacial score (nSPS) is 18.1. The molecule has 1 aromatic rings. The molecule has 2 aliphatic carbocycles. The fourth-order valence-electron chi connectivity index (χ4n) is 4.61. The van der Waals surface area contributed by atoms with Gasteiger partial charge in [0.05, 0.1) is 5.56 Å². The Morgan fingerprint density at radius 3 is 3.03 bits per heavy atom. The number of hydrogen-bond acceptors (Lipinski definition) is 5. The minimum Gasteiger partial charge on any atom is -0.366 e. The maximum atomic E-state index is 12.9. The third-order valence-corrected chi connectivity index (χ3v) is 6.91. The van der Waals surface area contributed by atoms with Crippen molar-refractivity contribution in [1.82, 2.24) is 10.3 Å². The van der Waals surface area contributed by atoms with Gasteiger partial charge in [0.2, 0.25) is 0 Å². The van der Waals surface area contributed by atoms with Crippen molar-refractivity contribution >= 4 is 24.8 Å². The maximum Gasteiger partial charge on any atom is 0.255 e. The van der Waals surface area contributed by atoms with Crippen LogP contribution in [0, 0.1) is 17.8 Å². The Hall–Kier alpha value is -4.02. The van der Waals surface area contributed by atoms with E-state index in [1.54, 1.807) is 18.3 Å². The number of aliphatic imine (C=N–C) groups is 2. The van der Waals surface area contributed by atoms with E-state index in [1.165, 1.54) is 23.1 Å². The molecule has 2 aliphatic rings. The summed E-state index contributed by atoms with van der Waals surface area (Å²) in [6, 6.07) is 3.56. The number of hydrogen-bond donors (Lipinski definition) is 3. The van der Waals surface area contributed by atoms with E-state index in [2.05, 4.69) is 70.2 Å². The molecule has 4 N–H and O–H groups in total. The fourth-order valence-corrected chi connectivity index (χ4v) is 4.61. The van der Waals surface area contributed by atoms with Gasteiger partial charge in [-0.25, -0.2) is 9.98 Å². The summed E-state index contributed by atoms with van der Waals surface area (Å²) in [7, 11) is 0. The summed E-state index contributed by atoms with van der Waals surface area (Å²) in [4.78, 5) is 25.5. The van der Waals surface area contributed by atoms with E-state index in [0.29, 0.717) is 36.9 Å². The second-order valence-electron chi connectivity index (χ2n) is 9.79. The van der Waals surface area contributed by atoms with Crippen LogP contribution in [0.1, 0.15) is 62.7 Å². The molecule has 0 bridgehead atoms. The SMILES string of the molecule is C=NC=NC1=C(CN)CC(/C(C)=C/C/C=C(\C)CNc2ncccc2C(=O)NCC2=CC#CCC=C2)CCC1. The van der Waals surface area contributed by atoms with Gasteiger partial charge < -0.3 is 16.4 Å². The molecule has 0 saturated carbocycles. The van der Waals surface area contributed by atoms with E-state index in [1.807, 2.05) is 18.2 Å². The summed E-state index contributed by atoms with van der Waals surface area (Å²) >= 11 is 0. The van der Waals surface area contributed by atoms with E-state index in [-0.39, 0.29) is 5.91 Å². The van der Waals surface area contributed by atoms with Crippen LogP contribution in [0.2, 0.25) is 0 Å². The predicted molar refractivity (Wildman–Crippen MR) is 163 cm³/mol. The van der Waals surface area contributed by atoms with Crippen LogP contribution in [0.5, 0.6) is 0 Å². The van der Waals surface area contributed by atoms with Crippen molar-refractivity contribution in [3.63, 3.8) is 0 Å². The van der Waals surface area contributed by atoms with Crippen LogP contribution < -0.4 is 16.4 Å². The molecule has 3 rings (SSSR count). The Kier molecular flexibility index (Phi) is 12.2. The van der Waals surface area contributed by atoms with Crippen LogP contribution in [0.3, 0.4) is 0 Å². The third kappa shape index (κ3) is 9.66. The summed E-state index contributed by atoms with van der Waals surface area (Å²) in [5.41, 5.74) is 12.4. The Morgan fingerprint density at radius 1 is 1.33 bits per heavy atom. The molecule has 7 heteroatoms. The largest absolute Gasteiger partial charge is 0.366 e. The molecule has 1 aromatic heterocycles. The van der Waals surface area contributed by atoms with Crippen molar-refractivity contribution in [3.8, 4) is 11.8 Å². The number of carbonyl (C=O) groups is 1. The van der Waals surface area contributed by atoms with Crippen LogP contribution in [0.25, 0.3) is 0 Å². The van der Waals surface area contributed by atoms with Gasteiger partial charge in [0, 0.05) is 37.9 Å². The minimum atomic E-state index is -0.166. The number of allylic oxidation sites excluding steroid dienone is 6. The molecule has 0 aromatic carbocycles. The number of nitrogens with zero attached hydrogens (tertiary/aromatic N) is 3. The fraction of sp³-hybridized carbons (Fsp3) is 0.375. The quantitative estimate of drug-likeness (QED) is 0.145. The molecule has 39 heavy (non-hydrogen) atoms. The van der Waals surface area contributed by atoms with Gasteiger partial charge >= 0.3 is 0 Å². The summed E-state index contributed by atoms with van der Waals surface area (Å²) in [6.45, 7) is 9.33. The Morgan fingerprint density at radius 2 is 2.21 bits per heavy atom. The zero-order valence-electron chi connectivity index (χ0n) is 23.2. The lowest BCUT2D eigenvalue weighted by molar-refractivity contribution is 0.0958. The molecule has 7 nitrogen and oxygen atoms in total. The molecule has 1 unspecified atom stereocenters. The standard InChI is InChI=1S/C32H40N6O/c1-24(11-8-12-25(2)27-15-9-17-30(38-23-34-3)28(19-27)20-33)21-36-31-29(16-10-18-35-31)32(39)37-22-26-13-6-4-5-7-14-26/h6,10-14,16,18,23,27H,3-4,8-9,15,17,19-22,33H2,1-2H3,(H,35,36)(H,37,39)/b24-11+,25-12+,38-23?. The first-order chi connectivity index (χ1) is 19.0. The van der Waals surface area contributed by atoms with Crippen molar-refractivity contribution in [1.29, 1.82) is 0 Å². The first-order valence-electron chi connectivity index (χ1n) is 13.5. The van der Waals surface area contributed by atoms with Crippen LogP contribution in [-0.2, 0) is 0 Å². The van der Waals surface area contributed by atoms with Gasteiger partial charge in [-0.2, -0.15) is 0 Å². The molecule has 1 atom stereocenters. The molecule has 204 valence electrons. The predicted octanol–water partition coefficient (Wildman–Crippen LogP) is 5.53. The van der Waals surface area contributed by atoms with Gasteiger partial charge in [-0.1, -0.05) is 47.3 Å². The van der Waals surface area contributed by atoms with Crippen molar-refractivity contribution in [2.75, 3.05) is 25.0 Å². The van der Waals surface area contributed by atoms with Crippen LogP contribution in [-0.4, -0.2) is 43.6 Å². The van der Waals surface area contributed by atoms with Crippen molar-refractivity contribution < 1.29 is 4.79 Å². The van der Waals surface area contributed by atoms with E-state index >= 15 is 0 Å². The third-order valence-electron chi connectivity index (χ3n) is 6.91. The van der Waals surface area contributed by atoms with Crippen LogP contribution >= 0.6 is 0 Å². The lowest BCUT2D eigenvalue weighted by Crippen LogP contribution is -2.26. The average Bonchev–Trinajstić information content (AvgIpc) is 3.34. The zero-order chi connectivity index (χ0) is 27.9. The van der Waals surface area contributed by atoms with Crippen LogP contribution in [0.15, 0.2) is 86.7 Å². The first kappa shape index (κ1) is 29.5. The molecule has 1 heterocycles. The van der Waals surface area contributed by atoms with Gasteiger partial charge in [0.1, 0.15) is 12.2 Å². The molecule has 0 aliphatic heterocycles. The molecule has 0 saturated heterocycles. The summed E-state index contributed by atoms with van der Waals surface area (Å²) in [5.74, 6) is 6.88. The lowest BCUT2D eigenvalue weighted by atomic mass is 9.89. The number of pyridine rings is 1. The smallest absolute Gasteiger partial charge is 0.255 e. The van der Waals surface area contributed by atoms with Crippen molar-refractivity contribution in [3.05, 3.63) is 82.3 Å². The van der Waals surface area contributed by atoms with Crippen molar-refractivity contribution in [2.24, 2.45) is 21.6 Å². The lowest BCUT2D eigenvalue weighted by Gasteiger charge is -2.17. The van der Waals surface area contributed by atoms with E-state index in [9.17, 15) is 4.79 Å². The number of anilines is 1. The second kappa shape index (κ2) is 16.1. The van der Waals surface area contributed by atoms with Gasteiger partial charge in [0.15, 0.2) is 0 Å². The van der Waals surface area contributed by atoms with Crippen LogP contribution in [0.4, 0.5) is 5.82 Å². The highest BCUT2D eigenvalue weighted by Gasteiger charge is 2.19. The first-order valence-corrected chi connectivity index (χ1v) is 13.5. The number of nitrogens with two attached hydrogens (primary N) is 1. The highest BCUT2D eigenvalue weighted by molar-refractivity contribution is 5.98. The summed E-state index contributed by atoms with van der Waals surface area (Å²) < 4.78 is 0. The Bertz CT molecular complexity index is 1270. The van der Waals surface area contributed by atoms with E-state index in [0.717, 1.165) is 49.8 Å². The number of carbonyl (C=O) groups excluding carboxylic acids is 1. The minimum absolute atomic E-state index is 0.166. The molecular weight excluding hydrogens is 484 g/mol. The van der Waals surface area contributed by atoms with E-state index in [4.69, 9.17) is 5.73 Å². The molecule has 1 amide bonds. The van der Waals surface area contributed by atoms with Gasteiger partial charge in [-0.15, -0.1) is 0 Å². The van der Waals surface area contributed by atoms with Gasteiger partial charge in [-0.3, -0.25) is 9.79 Å². The molecule has 0 spiro atoms. The van der Waals surface area contributed by atoms with Crippen molar-refractivity contribution in [2.45, 2.75) is 52.4 Å². The molecule has 0 fully saturated rings. The monoisotopic (exact) mass is 524 g/mol. The van der Waals surface area contributed by atoms with E-state index < -0.39 is 0 Å². The number of rotatable bonds is 12. The highest BCUT2D eigenvalue weighted by Crippen LogP contribution is 2.32. The number of aromatic nitrogens is 1. The topological polar surface area (TPSA) is 105 Å². The maximum absolute atomic E-state index is 12.9. The summed E-state index contributed by atoms with van der Waals surface area (Å²) in [6.07, 6.45) is 19.2. The second-order valence-corrected chi connectivity index (χ2v) is 9.79. The number of amides is 1. The average molecular weight is 525 g/mol. The molecular formula is C32H40N6O. The number of nitrogens with one attached hydrogen (secondary N) is 2. The highest BCUT2D eigenvalue weighted by atomic mass is 16.1. The Balaban J connectivity index is 1.54. The zero-order valence-corrected chi connectivity index (χ0v) is 23.2. The molecule has 0 radical (unpaired) electrons. The van der Waals surface area contributed by atoms with Gasteiger partial charge in [-0.05, 0) is 87.9 Å². The summed E-state index contributed by atoms with van der Waals surface area (Å²) in [5, 5.41) is 6.30. The Labute approximate surface area is 232 Å². The van der Waals surface area contributed by atoms with Gasteiger partial charge in [0.25, 0.3) is 5.91 Å².